The summed E-state index contributed by atoms with van der Waals surface area (Å²) in [5, 5.41) is 7.96. The average molecular weight is 533 g/mol. The van der Waals surface area contributed by atoms with Crippen molar-refractivity contribution in [1.82, 2.24) is 30.4 Å². The minimum atomic E-state index is -4.90. The fraction of sp³-hybridized carbons (Fsp3) is 0.524. The number of aromatic amines is 1. The standard InChI is InChI=1S/C21H21F6N7O3/c1-10(30-16(35)13-3-2-12-14(21(25,26)27)17(36)32-31-15(12)13)18(37)33-4-6-34(7-5-33)19-28-8-11(9-29-19)20(22,23)24/h8-10,13H,2-7H2,1H3,(H,30,35)(H,32,36)/t10-,13?/m0/s1. The van der Waals surface area contributed by atoms with E-state index < -0.39 is 52.8 Å². The minimum Gasteiger partial charge on any atom is -0.344 e. The number of H-pyrrole nitrogens is 1. The lowest BCUT2D eigenvalue weighted by Crippen LogP contribution is -2.54. The van der Waals surface area contributed by atoms with E-state index in [1.807, 2.05) is 0 Å². The number of nitrogens with one attached hydrogen (secondary N) is 2. The van der Waals surface area contributed by atoms with Gasteiger partial charge in [-0.05, 0) is 25.3 Å². The summed E-state index contributed by atoms with van der Waals surface area (Å²) < 4.78 is 78.0. The molecule has 0 bridgehead atoms. The molecule has 200 valence electrons. The number of carbonyl (C=O) groups is 2. The number of hydrogen-bond acceptors (Lipinski definition) is 7. The molecular formula is C21H21F6N7O3. The van der Waals surface area contributed by atoms with Crippen LogP contribution in [0.15, 0.2) is 17.2 Å². The molecule has 1 unspecified atom stereocenters. The molecule has 2 aromatic rings. The molecule has 2 aliphatic rings. The van der Waals surface area contributed by atoms with Crippen molar-refractivity contribution in [2.24, 2.45) is 0 Å². The molecule has 2 amide bonds. The number of aromatic nitrogens is 4. The van der Waals surface area contributed by atoms with Crippen LogP contribution in [-0.2, 0) is 28.4 Å². The summed E-state index contributed by atoms with van der Waals surface area (Å²) in [6.07, 6.45) is -8.25. The highest BCUT2D eigenvalue weighted by molar-refractivity contribution is 5.90. The van der Waals surface area contributed by atoms with Gasteiger partial charge in [-0.15, -0.1) is 0 Å². The largest absolute Gasteiger partial charge is 0.422 e. The van der Waals surface area contributed by atoms with Crippen molar-refractivity contribution in [3.63, 3.8) is 0 Å². The number of alkyl halides is 6. The van der Waals surface area contributed by atoms with E-state index in [0.717, 1.165) is 0 Å². The Bertz CT molecular complexity index is 1240. The lowest BCUT2D eigenvalue weighted by Gasteiger charge is -2.36. The van der Waals surface area contributed by atoms with Crippen LogP contribution in [0.4, 0.5) is 32.3 Å². The van der Waals surface area contributed by atoms with Crippen molar-refractivity contribution in [3.8, 4) is 0 Å². The van der Waals surface area contributed by atoms with E-state index in [1.165, 1.54) is 11.8 Å². The summed E-state index contributed by atoms with van der Waals surface area (Å²) in [7, 11) is 0. The summed E-state index contributed by atoms with van der Waals surface area (Å²) in [6.45, 7) is 2.29. The van der Waals surface area contributed by atoms with Crippen molar-refractivity contribution in [2.75, 3.05) is 31.1 Å². The third-order valence-corrected chi connectivity index (χ3v) is 6.30. The monoisotopic (exact) mass is 533 g/mol. The van der Waals surface area contributed by atoms with E-state index in [4.69, 9.17) is 0 Å². The van der Waals surface area contributed by atoms with E-state index in [-0.39, 0.29) is 56.2 Å². The van der Waals surface area contributed by atoms with Gasteiger partial charge >= 0.3 is 12.4 Å². The van der Waals surface area contributed by atoms with E-state index in [9.17, 15) is 40.7 Å². The molecule has 0 radical (unpaired) electrons. The van der Waals surface area contributed by atoms with Gasteiger partial charge in [-0.2, -0.15) is 31.4 Å². The average Bonchev–Trinajstić information content (AvgIpc) is 3.26. The number of hydrogen-bond donors (Lipinski definition) is 2. The second kappa shape index (κ2) is 9.63. The molecule has 0 aromatic carbocycles. The van der Waals surface area contributed by atoms with E-state index in [1.54, 1.807) is 10.00 Å². The van der Waals surface area contributed by atoms with Crippen molar-refractivity contribution >= 4 is 17.8 Å². The second-order valence-corrected chi connectivity index (χ2v) is 8.69. The van der Waals surface area contributed by atoms with Crippen LogP contribution >= 0.6 is 0 Å². The zero-order chi connectivity index (χ0) is 27.1. The Morgan fingerprint density at radius 3 is 2.24 bits per heavy atom. The SMILES string of the molecule is C[C@H](NC(=O)C1CCc2c1n[nH]c(=O)c2C(F)(F)F)C(=O)N1CCN(c2ncc(C(F)(F)F)cn2)CC1. The quantitative estimate of drug-likeness (QED) is 0.571. The van der Waals surface area contributed by atoms with Crippen molar-refractivity contribution < 1.29 is 35.9 Å². The topological polar surface area (TPSA) is 124 Å². The molecule has 2 N–H and O–H groups in total. The molecule has 4 rings (SSSR count). The van der Waals surface area contributed by atoms with Crippen LogP contribution in [0, 0.1) is 0 Å². The number of piperazine rings is 1. The molecule has 2 atom stereocenters. The fourth-order valence-corrected chi connectivity index (χ4v) is 4.43. The first-order valence-electron chi connectivity index (χ1n) is 11.2. The first-order chi connectivity index (χ1) is 17.3. The lowest BCUT2D eigenvalue weighted by atomic mass is 10.0. The Morgan fingerprint density at radius 2 is 1.68 bits per heavy atom. The smallest absolute Gasteiger partial charge is 0.344 e. The number of fused-ring (bicyclic) bond motifs is 1. The molecular weight excluding hydrogens is 512 g/mol. The third kappa shape index (κ3) is 5.36. The van der Waals surface area contributed by atoms with E-state index in [2.05, 4.69) is 20.4 Å². The predicted molar refractivity (Wildman–Crippen MR) is 114 cm³/mol. The molecule has 3 heterocycles. The van der Waals surface area contributed by atoms with E-state index in [0.29, 0.717) is 12.4 Å². The zero-order valence-corrected chi connectivity index (χ0v) is 19.3. The van der Waals surface area contributed by atoms with Crippen LogP contribution in [0.1, 0.15) is 41.6 Å². The summed E-state index contributed by atoms with van der Waals surface area (Å²) in [5.41, 5.74) is -4.22. The van der Waals surface area contributed by atoms with Gasteiger partial charge in [-0.3, -0.25) is 14.4 Å². The van der Waals surface area contributed by atoms with Crippen LogP contribution in [0.2, 0.25) is 0 Å². The molecule has 1 aliphatic heterocycles. The van der Waals surface area contributed by atoms with Crippen LogP contribution in [-0.4, -0.2) is 69.1 Å². The number of carbonyl (C=O) groups excluding carboxylic acids is 2. The molecule has 37 heavy (non-hydrogen) atoms. The maximum Gasteiger partial charge on any atom is 0.422 e. The highest BCUT2D eigenvalue weighted by Crippen LogP contribution is 2.38. The Balaban J connectivity index is 1.35. The Hall–Kier alpha value is -3.72. The normalized spacial score (nSPS) is 18.9. The molecule has 0 spiro atoms. The molecule has 1 fully saturated rings. The van der Waals surface area contributed by atoms with Crippen molar-refractivity contribution in [2.45, 2.75) is 44.1 Å². The van der Waals surface area contributed by atoms with Gasteiger partial charge in [0.25, 0.3) is 5.56 Å². The van der Waals surface area contributed by atoms with Gasteiger partial charge in [0.2, 0.25) is 17.8 Å². The molecule has 1 saturated heterocycles. The van der Waals surface area contributed by atoms with Crippen LogP contribution in [0.25, 0.3) is 0 Å². The van der Waals surface area contributed by atoms with Crippen LogP contribution < -0.4 is 15.8 Å². The van der Waals surface area contributed by atoms with Crippen molar-refractivity contribution in [1.29, 1.82) is 0 Å². The maximum atomic E-state index is 13.3. The first kappa shape index (κ1) is 26.3. The minimum absolute atomic E-state index is 0.00124. The van der Waals surface area contributed by atoms with Crippen molar-refractivity contribution in [3.05, 3.63) is 45.1 Å². The Morgan fingerprint density at radius 1 is 1.05 bits per heavy atom. The van der Waals surface area contributed by atoms with Crippen LogP contribution in [0.3, 0.4) is 0 Å². The van der Waals surface area contributed by atoms with Gasteiger partial charge in [-0.1, -0.05) is 0 Å². The number of nitrogens with zero attached hydrogens (tertiary/aromatic N) is 5. The van der Waals surface area contributed by atoms with Gasteiger partial charge in [-0.25, -0.2) is 15.1 Å². The predicted octanol–water partition coefficient (Wildman–Crippen LogP) is 1.48. The number of amides is 2. The van der Waals surface area contributed by atoms with E-state index >= 15 is 0 Å². The van der Waals surface area contributed by atoms with Gasteiger partial charge in [0.1, 0.15) is 11.6 Å². The summed E-state index contributed by atoms with van der Waals surface area (Å²) in [6, 6.07) is -1.00. The summed E-state index contributed by atoms with van der Waals surface area (Å²) >= 11 is 0. The lowest BCUT2D eigenvalue weighted by molar-refractivity contribution is -0.139. The second-order valence-electron chi connectivity index (χ2n) is 8.69. The van der Waals surface area contributed by atoms with Gasteiger partial charge < -0.3 is 15.1 Å². The molecule has 2 aromatic heterocycles. The first-order valence-corrected chi connectivity index (χ1v) is 11.2. The zero-order valence-electron chi connectivity index (χ0n) is 19.3. The maximum absolute atomic E-state index is 13.3. The molecule has 0 saturated carbocycles. The van der Waals surface area contributed by atoms with Gasteiger partial charge in [0.15, 0.2) is 0 Å². The summed E-state index contributed by atoms with van der Waals surface area (Å²) in [5.74, 6) is -2.10. The van der Waals surface area contributed by atoms with Gasteiger partial charge in [0, 0.05) is 38.6 Å². The Labute approximate surface area is 205 Å². The Kier molecular flexibility index (Phi) is 6.85. The third-order valence-electron chi connectivity index (χ3n) is 6.30. The molecule has 10 nitrogen and oxygen atoms in total. The van der Waals surface area contributed by atoms with Gasteiger partial charge in [0.05, 0.1) is 17.2 Å². The number of rotatable bonds is 4. The summed E-state index contributed by atoms with van der Waals surface area (Å²) in [4.78, 5) is 47.8. The highest BCUT2D eigenvalue weighted by atomic mass is 19.4. The highest BCUT2D eigenvalue weighted by Gasteiger charge is 2.43. The fourth-order valence-electron chi connectivity index (χ4n) is 4.43. The number of halogens is 6. The van der Waals surface area contributed by atoms with Crippen LogP contribution in [0.5, 0.6) is 0 Å². The molecule has 16 heteroatoms. The molecule has 1 aliphatic carbocycles. The number of anilines is 1.